The van der Waals surface area contributed by atoms with Crippen molar-refractivity contribution in [2.45, 2.75) is 12.5 Å². The molecule has 4 nitrogen and oxygen atoms in total. The highest BCUT2D eigenvalue weighted by Gasteiger charge is 2.12. The van der Waals surface area contributed by atoms with Gasteiger partial charge in [-0.05, 0) is 18.2 Å². The number of aliphatic hydroxyl groups is 1. The second-order valence-electron chi connectivity index (χ2n) is 3.93. The number of hydrogen-bond acceptors (Lipinski definition) is 5. The number of rotatable bonds is 3. The highest BCUT2D eigenvalue weighted by molar-refractivity contribution is 7.18. The van der Waals surface area contributed by atoms with E-state index in [1.165, 1.54) is 6.33 Å². The number of para-hydroxylation sites is 1. The molecule has 0 aliphatic rings. The number of benzene rings is 1. The summed E-state index contributed by atoms with van der Waals surface area (Å²) in [6.45, 7) is 0. The van der Waals surface area contributed by atoms with E-state index in [0.717, 1.165) is 15.2 Å². The number of fused-ring (bicyclic) bond motifs is 1. The van der Waals surface area contributed by atoms with Gasteiger partial charge in [-0.25, -0.2) is 15.0 Å². The SMILES string of the molecule is OC(Cc1nc2ccccc2s1)c1ccncn1. The summed E-state index contributed by atoms with van der Waals surface area (Å²) < 4.78 is 1.14. The third-order valence-electron chi connectivity index (χ3n) is 2.65. The predicted molar refractivity (Wildman–Crippen MR) is 70.3 cm³/mol. The van der Waals surface area contributed by atoms with Crippen molar-refractivity contribution in [3.8, 4) is 0 Å². The highest BCUT2D eigenvalue weighted by Crippen LogP contribution is 2.25. The Kier molecular flexibility index (Phi) is 3.00. The molecule has 0 amide bonds. The summed E-state index contributed by atoms with van der Waals surface area (Å²) in [7, 11) is 0. The van der Waals surface area contributed by atoms with E-state index in [9.17, 15) is 5.11 Å². The first-order valence-electron chi connectivity index (χ1n) is 5.61. The van der Waals surface area contributed by atoms with Gasteiger partial charge in [-0.2, -0.15) is 0 Å². The first-order chi connectivity index (χ1) is 8.83. The predicted octanol–water partition coefficient (Wildman–Crippen LogP) is 2.36. The van der Waals surface area contributed by atoms with Crippen molar-refractivity contribution >= 4 is 21.6 Å². The minimum Gasteiger partial charge on any atom is -0.386 e. The van der Waals surface area contributed by atoms with Crippen molar-refractivity contribution < 1.29 is 5.11 Å². The molecule has 2 heterocycles. The van der Waals surface area contributed by atoms with E-state index >= 15 is 0 Å². The van der Waals surface area contributed by atoms with Crippen LogP contribution in [0, 0.1) is 0 Å². The summed E-state index contributed by atoms with van der Waals surface area (Å²) in [4.78, 5) is 12.4. The lowest BCUT2D eigenvalue weighted by atomic mass is 10.2. The average Bonchev–Trinajstić information content (AvgIpc) is 2.82. The maximum atomic E-state index is 10.1. The van der Waals surface area contributed by atoms with Gasteiger partial charge in [0.25, 0.3) is 0 Å². The van der Waals surface area contributed by atoms with Crippen LogP contribution >= 0.6 is 11.3 Å². The first-order valence-corrected chi connectivity index (χ1v) is 6.43. The molecule has 0 saturated heterocycles. The van der Waals surface area contributed by atoms with E-state index in [2.05, 4.69) is 15.0 Å². The van der Waals surface area contributed by atoms with Crippen LogP contribution in [-0.2, 0) is 6.42 Å². The minimum absolute atomic E-state index is 0.483. The van der Waals surface area contributed by atoms with Crippen molar-refractivity contribution in [2.24, 2.45) is 0 Å². The van der Waals surface area contributed by atoms with Gasteiger partial charge in [0.15, 0.2) is 0 Å². The molecular formula is C13H11N3OS. The molecule has 0 saturated carbocycles. The Bertz CT molecular complexity index is 620. The van der Waals surface area contributed by atoms with Crippen LogP contribution in [0.4, 0.5) is 0 Å². The summed E-state index contributed by atoms with van der Waals surface area (Å²) in [5.41, 5.74) is 1.61. The maximum absolute atomic E-state index is 10.1. The number of aromatic nitrogens is 3. The van der Waals surface area contributed by atoms with Gasteiger partial charge in [0.1, 0.15) is 12.4 Å². The molecule has 0 spiro atoms. The van der Waals surface area contributed by atoms with Crippen LogP contribution < -0.4 is 0 Å². The number of thiazole rings is 1. The molecule has 1 atom stereocenters. The van der Waals surface area contributed by atoms with Crippen molar-refractivity contribution in [3.05, 3.63) is 53.6 Å². The largest absolute Gasteiger partial charge is 0.386 e. The Morgan fingerprint density at radius 2 is 2.11 bits per heavy atom. The fourth-order valence-corrected chi connectivity index (χ4v) is 2.78. The summed E-state index contributed by atoms with van der Waals surface area (Å²) in [5.74, 6) is 0. The van der Waals surface area contributed by atoms with E-state index in [0.29, 0.717) is 12.1 Å². The Labute approximate surface area is 108 Å². The quantitative estimate of drug-likeness (QED) is 0.782. The van der Waals surface area contributed by atoms with Crippen LogP contribution in [0.3, 0.4) is 0 Å². The van der Waals surface area contributed by atoms with Gasteiger partial charge >= 0.3 is 0 Å². The van der Waals surface area contributed by atoms with Gasteiger partial charge in [0.05, 0.1) is 20.9 Å². The summed E-state index contributed by atoms with van der Waals surface area (Å²) >= 11 is 1.61. The molecule has 0 aliphatic carbocycles. The van der Waals surface area contributed by atoms with E-state index < -0.39 is 6.10 Å². The number of hydrogen-bond donors (Lipinski definition) is 1. The molecule has 2 aromatic heterocycles. The molecule has 3 aromatic rings. The van der Waals surface area contributed by atoms with Crippen molar-refractivity contribution in [2.75, 3.05) is 0 Å². The lowest BCUT2D eigenvalue weighted by Gasteiger charge is -2.06. The van der Waals surface area contributed by atoms with E-state index in [1.807, 2.05) is 24.3 Å². The summed E-state index contributed by atoms with van der Waals surface area (Å²) in [5, 5.41) is 11.0. The number of aliphatic hydroxyl groups excluding tert-OH is 1. The lowest BCUT2D eigenvalue weighted by Crippen LogP contribution is -2.03. The normalized spacial score (nSPS) is 12.7. The van der Waals surface area contributed by atoms with Gasteiger partial charge in [-0.15, -0.1) is 11.3 Å². The molecule has 5 heteroatoms. The van der Waals surface area contributed by atoms with Crippen LogP contribution in [0.2, 0.25) is 0 Å². The third-order valence-corrected chi connectivity index (χ3v) is 3.71. The van der Waals surface area contributed by atoms with Crippen LogP contribution in [-0.4, -0.2) is 20.1 Å². The Morgan fingerprint density at radius 1 is 1.22 bits per heavy atom. The van der Waals surface area contributed by atoms with E-state index in [4.69, 9.17) is 0 Å². The topological polar surface area (TPSA) is 58.9 Å². The molecule has 0 fully saturated rings. The third kappa shape index (κ3) is 2.23. The molecule has 1 aromatic carbocycles. The number of nitrogens with zero attached hydrogens (tertiary/aromatic N) is 3. The molecule has 1 N–H and O–H groups in total. The standard InChI is InChI=1S/C13H11N3OS/c17-11(9-5-6-14-8-15-9)7-13-16-10-3-1-2-4-12(10)18-13/h1-6,8,11,17H,7H2. The molecule has 18 heavy (non-hydrogen) atoms. The summed E-state index contributed by atoms with van der Waals surface area (Å²) in [6, 6.07) is 9.69. The van der Waals surface area contributed by atoms with Crippen molar-refractivity contribution in [3.63, 3.8) is 0 Å². The second-order valence-corrected chi connectivity index (χ2v) is 5.04. The first kappa shape index (κ1) is 11.3. The van der Waals surface area contributed by atoms with Gasteiger partial charge in [0.2, 0.25) is 0 Å². The monoisotopic (exact) mass is 257 g/mol. The van der Waals surface area contributed by atoms with E-state index in [-0.39, 0.29) is 0 Å². The fraction of sp³-hybridized carbons (Fsp3) is 0.154. The smallest absolute Gasteiger partial charge is 0.115 e. The summed E-state index contributed by atoms with van der Waals surface area (Å²) in [6.07, 6.45) is 2.92. The van der Waals surface area contributed by atoms with Crippen LogP contribution in [0.15, 0.2) is 42.9 Å². The van der Waals surface area contributed by atoms with Gasteiger partial charge in [0, 0.05) is 12.6 Å². The van der Waals surface area contributed by atoms with E-state index in [1.54, 1.807) is 23.6 Å². The van der Waals surface area contributed by atoms with Crippen LogP contribution in [0.1, 0.15) is 16.8 Å². The molecular weight excluding hydrogens is 246 g/mol. The van der Waals surface area contributed by atoms with Crippen molar-refractivity contribution in [1.29, 1.82) is 0 Å². The molecule has 0 bridgehead atoms. The van der Waals surface area contributed by atoms with Gasteiger partial charge in [-0.3, -0.25) is 0 Å². The minimum atomic E-state index is -0.631. The zero-order valence-electron chi connectivity index (χ0n) is 9.52. The second kappa shape index (κ2) is 4.80. The molecule has 3 rings (SSSR count). The Balaban J connectivity index is 1.84. The average molecular weight is 257 g/mol. The zero-order chi connectivity index (χ0) is 12.4. The lowest BCUT2D eigenvalue weighted by molar-refractivity contribution is 0.173. The fourth-order valence-electron chi connectivity index (χ4n) is 1.78. The van der Waals surface area contributed by atoms with Crippen LogP contribution in [0.25, 0.3) is 10.2 Å². The molecule has 0 aliphatic heterocycles. The van der Waals surface area contributed by atoms with Gasteiger partial charge in [-0.1, -0.05) is 12.1 Å². The molecule has 0 radical (unpaired) electrons. The Morgan fingerprint density at radius 3 is 2.89 bits per heavy atom. The molecule has 90 valence electrons. The maximum Gasteiger partial charge on any atom is 0.115 e. The highest BCUT2D eigenvalue weighted by atomic mass is 32.1. The van der Waals surface area contributed by atoms with Crippen LogP contribution in [0.5, 0.6) is 0 Å². The molecule has 1 unspecified atom stereocenters. The zero-order valence-corrected chi connectivity index (χ0v) is 10.3. The van der Waals surface area contributed by atoms with Gasteiger partial charge < -0.3 is 5.11 Å². The van der Waals surface area contributed by atoms with Crippen molar-refractivity contribution in [1.82, 2.24) is 15.0 Å². The Hall–Kier alpha value is -1.85.